The van der Waals surface area contributed by atoms with E-state index >= 15 is 0 Å². The van der Waals surface area contributed by atoms with Gasteiger partial charge in [-0.05, 0) is 55.7 Å². The van der Waals surface area contributed by atoms with Gasteiger partial charge in [-0.3, -0.25) is 0 Å². The fourth-order valence-corrected chi connectivity index (χ4v) is 4.20. The minimum Gasteiger partial charge on any atom is -0.486 e. The monoisotopic (exact) mass is 472 g/mol. The Morgan fingerprint density at radius 1 is 0.543 bits per heavy atom. The molecule has 0 bridgehead atoms. The lowest BCUT2D eigenvalue weighted by molar-refractivity contribution is 0.277. The molecule has 4 heterocycles. The summed E-state index contributed by atoms with van der Waals surface area (Å²) in [6.45, 7) is 0.832. The van der Waals surface area contributed by atoms with Gasteiger partial charge in [0.05, 0.1) is 25.7 Å². The Hall–Kier alpha value is -4.46. The number of fused-ring (bicyclic) bond motifs is 4. The zero-order valence-corrected chi connectivity index (χ0v) is 18.6. The molecule has 0 amide bonds. The van der Waals surface area contributed by atoms with E-state index in [2.05, 4.69) is 0 Å². The summed E-state index contributed by atoms with van der Waals surface area (Å²) in [6, 6.07) is 13.7. The highest BCUT2D eigenvalue weighted by Gasteiger charge is 2.16. The van der Waals surface area contributed by atoms with Crippen molar-refractivity contribution >= 4 is 43.9 Å². The first-order valence-electron chi connectivity index (χ1n) is 11.3. The molecule has 0 aliphatic rings. The number of benzene rings is 2. The van der Waals surface area contributed by atoms with E-state index in [-0.39, 0.29) is 0 Å². The van der Waals surface area contributed by atoms with Crippen LogP contribution in [0.4, 0.5) is 0 Å². The van der Waals surface area contributed by atoms with Crippen molar-refractivity contribution in [1.82, 2.24) is 0 Å². The quantitative estimate of drug-likeness (QED) is 0.196. The van der Waals surface area contributed by atoms with Crippen molar-refractivity contribution < 1.29 is 27.1 Å². The molecule has 0 atom stereocenters. The van der Waals surface area contributed by atoms with Crippen LogP contribution in [-0.4, -0.2) is 13.2 Å². The molecule has 8 nitrogen and oxygen atoms in total. The minimum atomic E-state index is -0.444. The van der Waals surface area contributed by atoms with Crippen LogP contribution in [0.15, 0.2) is 88.3 Å². The second-order valence-electron chi connectivity index (χ2n) is 8.19. The number of unbranched alkanes of at least 4 members (excludes halogenated alkanes) is 2. The molecule has 8 heteroatoms. The van der Waals surface area contributed by atoms with Crippen molar-refractivity contribution in [2.24, 2.45) is 0 Å². The molecular formula is C27H20O8. The minimum absolute atomic E-state index is 0.378. The molecule has 6 rings (SSSR count). The second kappa shape index (κ2) is 8.72. The third-order valence-electron chi connectivity index (χ3n) is 5.85. The topological polar surface area (TPSA) is 105 Å². The van der Waals surface area contributed by atoms with E-state index in [1.54, 1.807) is 24.7 Å². The van der Waals surface area contributed by atoms with Crippen molar-refractivity contribution in [3.8, 4) is 11.5 Å². The van der Waals surface area contributed by atoms with Crippen LogP contribution in [0.1, 0.15) is 19.3 Å². The van der Waals surface area contributed by atoms with Gasteiger partial charge in [0, 0.05) is 33.7 Å². The Morgan fingerprint density at radius 2 is 1.00 bits per heavy atom. The van der Waals surface area contributed by atoms with E-state index in [1.165, 1.54) is 12.1 Å². The number of hydrogen-bond acceptors (Lipinski definition) is 8. The van der Waals surface area contributed by atoms with E-state index in [1.807, 2.05) is 24.3 Å². The fourth-order valence-electron chi connectivity index (χ4n) is 4.20. The normalized spacial score (nSPS) is 11.7. The van der Waals surface area contributed by atoms with Crippen LogP contribution in [0.3, 0.4) is 0 Å². The highest BCUT2D eigenvalue weighted by atomic mass is 16.5. The summed E-state index contributed by atoms with van der Waals surface area (Å²) >= 11 is 0. The Labute approximate surface area is 197 Å². The van der Waals surface area contributed by atoms with Crippen LogP contribution in [0.5, 0.6) is 11.5 Å². The first-order chi connectivity index (χ1) is 17.2. The zero-order chi connectivity index (χ0) is 23.8. The van der Waals surface area contributed by atoms with Gasteiger partial charge in [0.15, 0.2) is 22.3 Å². The van der Waals surface area contributed by atoms with Gasteiger partial charge in [-0.2, -0.15) is 0 Å². The number of hydrogen-bond donors (Lipinski definition) is 0. The summed E-state index contributed by atoms with van der Waals surface area (Å²) in [6.07, 6.45) is 5.49. The predicted octanol–water partition coefficient (Wildman–Crippen LogP) is 6.02. The lowest BCUT2D eigenvalue weighted by atomic mass is 10.1. The predicted molar refractivity (Wildman–Crippen MR) is 129 cm³/mol. The molecule has 4 aromatic heterocycles. The third kappa shape index (κ3) is 3.93. The van der Waals surface area contributed by atoms with E-state index in [0.29, 0.717) is 47.0 Å². The average Bonchev–Trinajstić information content (AvgIpc) is 3.52. The van der Waals surface area contributed by atoms with Gasteiger partial charge in [-0.15, -0.1) is 0 Å². The highest BCUT2D eigenvalue weighted by molar-refractivity contribution is 6.00. The molecular weight excluding hydrogens is 452 g/mol. The lowest BCUT2D eigenvalue weighted by Crippen LogP contribution is -2.03. The molecule has 6 aromatic rings. The molecule has 0 saturated carbocycles. The van der Waals surface area contributed by atoms with Crippen LogP contribution in [0, 0.1) is 0 Å². The van der Waals surface area contributed by atoms with Crippen LogP contribution in [0.25, 0.3) is 43.9 Å². The smallest absolute Gasteiger partial charge is 0.336 e. The van der Waals surface area contributed by atoms with E-state index in [9.17, 15) is 9.59 Å². The number of furan rings is 2. The Morgan fingerprint density at radius 3 is 1.49 bits per heavy atom. The lowest BCUT2D eigenvalue weighted by Gasteiger charge is -2.10. The van der Waals surface area contributed by atoms with Gasteiger partial charge in [0.2, 0.25) is 11.5 Å². The van der Waals surface area contributed by atoms with Crippen LogP contribution in [0.2, 0.25) is 0 Å². The molecule has 0 radical (unpaired) electrons. The van der Waals surface area contributed by atoms with Crippen LogP contribution in [-0.2, 0) is 0 Å². The van der Waals surface area contributed by atoms with Gasteiger partial charge >= 0.3 is 11.3 Å². The molecule has 35 heavy (non-hydrogen) atoms. The van der Waals surface area contributed by atoms with Crippen molar-refractivity contribution in [1.29, 1.82) is 0 Å². The molecule has 0 unspecified atom stereocenters. The molecule has 0 saturated heterocycles. The Bertz CT molecular complexity index is 1650. The molecule has 0 aliphatic carbocycles. The first-order valence-corrected chi connectivity index (χ1v) is 11.3. The number of ether oxygens (including phenoxy) is 2. The Kier molecular flexibility index (Phi) is 5.25. The molecule has 0 aliphatic heterocycles. The maximum Gasteiger partial charge on any atom is 0.336 e. The van der Waals surface area contributed by atoms with Crippen molar-refractivity contribution in [3.63, 3.8) is 0 Å². The van der Waals surface area contributed by atoms with E-state index in [4.69, 9.17) is 27.1 Å². The standard InChI is InChI=1S/C27H20O8/c28-20-6-4-16-14-18-8-12-32-22(18)26(24(16)34-20)30-10-2-1-3-11-31-27-23-19(9-13-33-23)15-17-5-7-21(29)35-25(17)27/h4-9,12-15H,1-3,10-11H2. The summed E-state index contributed by atoms with van der Waals surface area (Å²) in [4.78, 5) is 23.5. The summed E-state index contributed by atoms with van der Waals surface area (Å²) in [5.41, 5.74) is 0.970. The van der Waals surface area contributed by atoms with Gasteiger partial charge in [-0.25, -0.2) is 9.59 Å². The fraction of sp³-hybridized carbons (Fsp3) is 0.185. The van der Waals surface area contributed by atoms with Crippen LogP contribution < -0.4 is 20.7 Å². The zero-order valence-electron chi connectivity index (χ0n) is 18.6. The third-order valence-corrected chi connectivity index (χ3v) is 5.85. The molecule has 0 spiro atoms. The number of rotatable bonds is 8. The van der Waals surface area contributed by atoms with E-state index < -0.39 is 11.3 Å². The van der Waals surface area contributed by atoms with Crippen LogP contribution >= 0.6 is 0 Å². The first kappa shape index (κ1) is 21.1. The summed E-state index contributed by atoms with van der Waals surface area (Å²) in [7, 11) is 0. The van der Waals surface area contributed by atoms with Gasteiger partial charge < -0.3 is 27.1 Å². The maximum atomic E-state index is 11.7. The summed E-state index contributed by atoms with van der Waals surface area (Å²) < 4.78 is 33.9. The van der Waals surface area contributed by atoms with E-state index in [0.717, 1.165) is 40.8 Å². The summed E-state index contributed by atoms with van der Waals surface area (Å²) in [5, 5.41) is 3.29. The second-order valence-corrected chi connectivity index (χ2v) is 8.19. The summed E-state index contributed by atoms with van der Waals surface area (Å²) in [5.74, 6) is 0.866. The maximum absolute atomic E-state index is 11.7. The average molecular weight is 472 g/mol. The molecule has 0 N–H and O–H groups in total. The van der Waals surface area contributed by atoms with Crippen molar-refractivity contribution in [3.05, 3.63) is 81.9 Å². The SMILES string of the molecule is O=c1ccc2cc3ccoc3c(OCCCCCOc3c4occc4cc4ccc(=O)oc34)c2o1. The molecule has 176 valence electrons. The molecule has 0 fully saturated rings. The van der Waals surface area contributed by atoms with Crippen molar-refractivity contribution in [2.75, 3.05) is 13.2 Å². The van der Waals surface area contributed by atoms with Gasteiger partial charge in [0.25, 0.3) is 0 Å². The molecule has 2 aromatic carbocycles. The van der Waals surface area contributed by atoms with Gasteiger partial charge in [-0.1, -0.05) is 0 Å². The Balaban J connectivity index is 1.11. The van der Waals surface area contributed by atoms with Gasteiger partial charge in [0.1, 0.15) is 0 Å². The largest absolute Gasteiger partial charge is 0.486 e. The highest BCUT2D eigenvalue weighted by Crippen LogP contribution is 2.36. The van der Waals surface area contributed by atoms with Crippen molar-refractivity contribution in [2.45, 2.75) is 19.3 Å².